The molecule has 5 heteroatoms. The molecule has 2 unspecified atom stereocenters. The number of amides is 2. The summed E-state index contributed by atoms with van der Waals surface area (Å²) in [6.45, 7) is 8.97. The third kappa shape index (κ3) is 6.78. The molecular weight excluding hydrogens is 256 g/mol. The zero-order valence-electron chi connectivity index (χ0n) is 13.0. The summed E-state index contributed by atoms with van der Waals surface area (Å²) in [7, 11) is 0. The van der Waals surface area contributed by atoms with Gasteiger partial charge in [-0.2, -0.15) is 0 Å². The zero-order chi connectivity index (χ0) is 15.3. The van der Waals surface area contributed by atoms with Crippen molar-refractivity contribution in [3.63, 3.8) is 0 Å². The van der Waals surface area contributed by atoms with Gasteiger partial charge in [0.2, 0.25) is 0 Å². The van der Waals surface area contributed by atoms with E-state index in [1.807, 2.05) is 20.8 Å². The lowest BCUT2D eigenvalue weighted by Gasteiger charge is -2.23. The van der Waals surface area contributed by atoms with Crippen LogP contribution in [0.1, 0.15) is 47.0 Å². The zero-order valence-corrected chi connectivity index (χ0v) is 13.0. The van der Waals surface area contributed by atoms with E-state index in [1.54, 1.807) is 0 Å². The van der Waals surface area contributed by atoms with Gasteiger partial charge in [-0.1, -0.05) is 27.7 Å². The van der Waals surface area contributed by atoms with E-state index in [0.717, 1.165) is 5.92 Å². The van der Waals surface area contributed by atoms with Crippen molar-refractivity contribution in [3.8, 4) is 0 Å². The van der Waals surface area contributed by atoms with Crippen LogP contribution in [0.5, 0.6) is 0 Å². The molecule has 0 heterocycles. The van der Waals surface area contributed by atoms with Crippen LogP contribution >= 0.6 is 0 Å². The first-order valence-electron chi connectivity index (χ1n) is 7.43. The van der Waals surface area contributed by atoms with E-state index in [4.69, 9.17) is 0 Å². The van der Waals surface area contributed by atoms with Crippen molar-refractivity contribution in [2.45, 2.75) is 47.0 Å². The largest absolute Gasteiger partial charge is 0.481 e. The Kier molecular flexibility index (Phi) is 5.84. The van der Waals surface area contributed by atoms with Crippen molar-refractivity contribution in [1.29, 1.82) is 0 Å². The molecule has 1 saturated carbocycles. The van der Waals surface area contributed by atoms with Gasteiger partial charge in [0.25, 0.3) is 0 Å². The first-order valence-corrected chi connectivity index (χ1v) is 7.43. The van der Waals surface area contributed by atoms with Crippen LogP contribution in [0.4, 0.5) is 4.79 Å². The minimum absolute atomic E-state index is 0.0678. The third-order valence-electron chi connectivity index (χ3n) is 3.73. The third-order valence-corrected chi connectivity index (χ3v) is 3.73. The molecule has 0 bridgehead atoms. The lowest BCUT2D eigenvalue weighted by Crippen LogP contribution is -2.42. The molecule has 0 aromatic carbocycles. The maximum atomic E-state index is 11.7. The Labute approximate surface area is 121 Å². The topological polar surface area (TPSA) is 78.4 Å². The van der Waals surface area contributed by atoms with Crippen LogP contribution in [-0.4, -0.2) is 30.2 Å². The Morgan fingerprint density at radius 2 is 1.75 bits per heavy atom. The summed E-state index contributed by atoms with van der Waals surface area (Å²) in [6, 6.07) is -0.266. The average Bonchev–Trinajstić information content (AvgIpc) is 3.13. The molecule has 2 amide bonds. The maximum Gasteiger partial charge on any atom is 0.314 e. The van der Waals surface area contributed by atoms with Crippen LogP contribution in [0.15, 0.2) is 0 Å². The van der Waals surface area contributed by atoms with Gasteiger partial charge in [0, 0.05) is 13.1 Å². The van der Waals surface area contributed by atoms with Crippen molar-refractivity contribution in [2.24, 2.45) is 23.2 Å². The highest BCUT2D eigenvalue weighted by molar-refractivity contribution is 5.75. The van der Waals surface area contributed by atoms with Gasteiger partial charge in [-0.05, 0) is 36.5 Å². The molecule has 1 rings (SSSR count). The van der Waals surface area contributed by atoms with E-state index < -0.39 is 11.9 Å². The lowest BCUT2D eigenvalue weighted by molar-refractivity contribution is -0.142. The number of nitrogens with one attached hydrogen (secondary N) is 2. The fraction of sp³-hybridized carbons (Fsp3) is 0.867. The second-order valence-corrected chi connectivity index (χ2v) is 7.21. The summed E-state index contributed by atoms with van der Waals surface area (Å²) < 4.78 is 0. The highest BCUT2D eigenvalue weighted by atomic mass is 16.4. The van der Waals surface area contributed by atoms with Gasteiger partial charge in [-0.25, -0.2) is 4.79 Å². The molecule has 1 aliphatic carbocycles. The molecule has 0 aromatic rings. The number of carbonyl (C=O) groups is 2. The summed E-state index contributed by atoms with van der Waals surface area (Å²) in [5.41, 5.74) is -0.0678. The highest BCUT2D eigenvalue weighted by Crippen LogP contribution is 2.36. The first kappa shape index (κ1) is 16.8. The molecule has 2 atom stereocenters. The van der Waals surface area contributed by atoms with Gasteiger partial charge in [0.15, 0.2) is 0 Å². The van der Waals surface area contributed by atoms with E-state index in [1.165, 1.54) is 12.8 Å². The van der Waals surface area contributed by atoms with Gasteiger partial charge < -0.3 is 15.7 Å². The molecular formula is C15H28N2O3. The number of hydrogen-bond donors (Lipinski definition) is 3. The number of carboxylic acid groups (broad SMARTS) is 1. The molecule has 0 radical (unpaired) electrons. The summed E-state index contributed by atoms with van der Waals surface area (Å²) in [5, 5.41) is 14.7. The molecule has 20 heavy (non-hydrogen) atoms. The lowest BCUT2D eigenvalue weighted by atomic mass is 9.84. The molecule has 0 aliphatic heterocycles. The first-order chi connectivity index (χ1) is 9.19. The smallest absolute Gasteiger partial charge is 0.314 e. The fourth-order valence-corrected chi connectivity index (χ4v) is 2.35. The maximum absolute atomic E-state index is 11.7. The Balaban J connectivity index is 2.27. The van der Waals surface area contributed by atoms with Gasteiger partial charge in [0.05, 0.1) is 5.92 Å². The summed E-state index contributed by atoms with van der Waals surface area (Å²) in [5.74, 6) is -0.137. The molecule has 0 aromatic heterocycles. The van der Waals surface area contributed by atoms with Crippen molar-refractivity contribution in [3.05, 3.63) is 0 Å². The Bertz CT molecular complexity index is 346. The van der Waals surface area contributed by atoms with Gasteiger partial charge in [-0.3, -0.25) is 4.79 Å². The molecule has 1 fully saturated rings. The SMILES string of the molecule is CC(CNC(=O)NCC(CC(C)(C)C)C(=O)O)C1CC1. The predicted molar refractivity (Wildman–Crippen MR) is 78.5 cm³/mol. The number of carbonyl (C=O) groups excluding carboxylic acids is 1. The number of rotatable bonds is 7. The number of urea groups is 1. The Morgan fingerprint density at radius 1 is 1.20 bits per heavy atom. The van der Waals surface area contributed by atoms with Crippen LogP contribution in [0, 0.1) is 23.2 Å². The van der Waals surface area contributed by atoms with Gasteiger partial charge >= 0.3 is 12.0 Å². The number of aliphatic carboxylic acids is 1. The van der Waals surface area contributed by atoms with Crippen LogP contribution in [0.25, 0.3) is 0 Å². The van der Waals surface area contributed by atoms with E-state index >= 15 is 0 Å². The van der Waals surface area contributed by atoms with Gasteiger partial charge in [0.1, 0.15) is 0 Å². The minimum atomic E-state index is -0.855. The summed E-state index contributed by atoms with van der Waals surface area (Å²) in [4.78, 5) is 22.8. The van der Waals surface area contributed by atoms with Crippen LogP contribution in [-0.2, 0) is 4.79 Å². The second-order valence-electron chi connectivity index (χ2n) is 7.21. The second kappa shape index (κ2) is 6.95. The monoisotopic (exact) mass is 284 g/mol. The average molecular weight is 284 g/mol. The summed E-state index contributed by atoms with van der Waals surface area (Å²) in [6.07, 6.45) is 3.06. The fourth-order valence-electron chi connectivity index (χ4n) is 2.35. The molecule has 0 spiro atoms. The molecule has 3 N–H and O–H groups in total. The number of hydrogen-bond acceptors (Lipinski definition) is 2. The van der Waals surface area contributed by atoms with E-state index in [-0.39, 0.29) is 18.0 Å². The summed E-state index contributed by atoms with van der Waals surface area (Å²) >= 11 is 0. The van der Waals surface area contributed by atoms with Crippen LogP contribution in [0.3, 0.4) is 0 Å². The quantitative estimate of drug-likeness (QED) is 0.672. The molecule has 1 aliphatic rings. The van der Waals surface area contributed by atoms with Crippen LogP contribution < -0.4 is 10.6 Å². The number of carboxylic acids is 1. The highest BCUT2D eigenvalue weighted by Gasteiger charge is 2.28. The molecule has 5 nitrogen and oxygen atoms in total. The van der Waals surface area contributed by atoms with Crippen molar-refractivity contribution in [1.82, 2.24) is 10.6 Å². The Hall–Kier alpha value is -1.26. The van der Waals surface area contributed by atoms with Crippen molar-refractivity contribution < 1.29 is 14.7 Å². The standard InChI is InChI=1S/C15H28N2O3/c1-10(11-5-6-11)8-16-14(20)17-9-12(13(18)19)7-15(2,3)4/h10-12H,5-9H2,1-4H3,(H,18,19)(H2,16,17,20). The van der Waals surface area contributed by atoms with Gasteiger partial charge in [-0.15, -0.1) is 0 Å². The molecule has 0 saturated heterocycles. The van der Waals surface area contributed by atoms with E-state index in [2.05, 4.69) is 17.6 Å². The van der Waals surface area contributed by atoms with Crippen molar-refractivity contribution >= 4 is 12.0 Å². The van der Waals surface area contributed by atoms with E-state index in [9.17, 15) is 14.7 Å². The van der Waals surface area contributed by atoms with Crippen molar-refractivity contribution in [2.75, 3.05) is 13.1 Å². The predicted octanol–water partition coefficient (Wildman–Crippen LogP) is 2.47. The molecule has 116 valence electrons. The minimum Gasteiger partial charge on any atom is -0.481 e. The van der Waals surface area contributed by atoms with Crippen LogP contribution in [0.2, 0.25) is 0 Å². The normalized spacial score (nSPS) is 18.2. The Morgan fingerprint density at radius 3 is 2.20 bits per heavy atom. The van der Waals surface area contributed by atoms with E-state index in [0.29, 0.717) is 18.9 Å².